The molecule has 0 amide bonds. The van der Waals surface area contributed by atoms with Gasteiger partial charge in [0.1, 0.15) is 17.7 Å². The van der Waals surface area contributed by atoms with Crippen molar-refractivity contribution in [2.45, 2.75) is 12.8 Å². The maximum Gasteiger partial charge on any atom is 0.200 e. The number of halogens is 1. The minimum atomic E-state index is -0.293. The van der Waals surface area contributed by atoms with Crippen LogP contribution in [0, 0.1) is 0 Å². The summed E-state index contributed by atoms with van der Waals surface area (Å²) in [6, 6.07) is 11.4. The molecule has 0 spiro atoms. The summed E-state index contributed by atoms with van der Waals surface area (Å²) in [5, 5.41) is 2.41. The Morgan fingerprint density at radius 3 is 2.82 bits per heavy atom. The maximum absolute atomic E-state index is 13.5. The molecule has 4 rings (SSSR count). The van der Waals surface area contributed by atoms with Gasteiger partial charge in [-0.25, -0.2) is 4.39 Å². The highest BCUT2D eigenvalue weighted by Crippen LogP contribution is 2.28. The number of benzene rings is 2. The van der Waals surface area contributed by atoms with Crippen molar-refractivity contribution >= 4 is 27.3 Å². The van der Waals surface area contributed by atoms with Gasteiger partial charge < -0.3 is 4.42 Å². The molecule has 0 saturated carbocycles. The van der Waals surface area contributed by atoms with Crippen LogP contribution in [0.1, 0.15) is 18.4 Å². The van der Waals surface area contributed by atoms with E-state index >= 15 is 0 Å². The Bertz CT molecular complexity index is 1010. The van der Waals surface area contributed by atoms with Crippen LogP contribution in [0.3, 0.4) is 0 Å². The lowest BCUT2D eigenvalue weighted by molar-refractivity contribution is 0.599. The molecule has 0 fully saturated rings. The average molecular weight is 292 g/mol. The lowest BCUT2D eigenvalue weighted by atomic mass is 9.96. The van der Waals surface area contributed by atoms with Gasteiger partial charge in [0.2, 0.25) is 5.43 Å². The molecule has 2 nitrogen and oxygen atoms in total. The molecule has 108 valence electrons. The first kappa shape index (κ1) is 13.0. The normalized spacial score (nSPS) is 15.0. The van der Waals surface area contributed by atoms with Gasteiger partial charge in [-0.3, -0.25) is 4.79 Å². The molecule has 0 aliphatic heterocycles. The molecule has 3 aromatic rings. The van der Waals surface area contributed by atoms with Crippen LogP contribution in [0.25, 0.3) is 27.3 Å². The van der Waals surface area contributed by atoms with Gasteiger partial charge >= 0.3 is 0 Å². The highest BCUT2D eigenvalue weighted by molar-refractivity contribution is 6.05. The predicted octanol–water partition coefficient (Wildman–Crippen LogP) is 4.98. The van der Waals surface area contributed by atoms with Crippen molar-refractivity contribution in [3.63, 3.8) is 0 Å². The second-order valence-electron chi connectivity index (χ2n) is 5.44. The van der Waals surface area contributed by atoms with Gasteiger partial charge in [0, 0.05) is 0 Å². The number of fused-ring (bicyclic) bond motifs is 3. The molecule has 2 aromatic carbocycles. The Hall–Kier alpha value is -2.68. The molecule has 0 radical (unpaired) electrons. The van der Waals surface area contributed by atoms with E-state index < -0.39 is 0 Å². The van der Waals surface area contributed by atoms with Gasteiger partial charge in [-0.1, -0.05) is 30.3 Å². The van der Waals surface area contributed by atoms with Crippen molar-refractivity contribution in [1.29, 1.82) is 0 Å². The Morgan fingerprint density at radius 2 is 1.95 bits per heavy atom. The van der Waals surface area contributed by atoms with Gasteiger partial charge in [-0.05, 0) is 47.4 Å². The topological polar surface area (TPSA) is 30.2 Å². The predicted molar refractivity (Wildman–Crippen MR) is 86.4 cm³/mol. The van der Waals surface area contributed by atoms with Crippen LogP contribution in [0.2, 0.25) is 0 Å². The van der Waals surface area contributed by atoms with Crippen LogP contribution in [0.5, 0.6) is 0 Å². The van der Waals surface area contributed by atoms with Crippen LogP contribution >= 0.6 is 0 Å². The van der Waals surface area contributed by atoms with Crippen molar-refractivity contribution in [1.82, 2.24) is 0 Å². The molecular weight excluding hydrogens is 279 g/mol. The van der Waals surface area contributed by atoms with E-state index in [1.54, 1.807) is 6.07 Å². The fraction of sp³-hybridized carbons (Fsp3) is 0.105. The van der Waals surface area contributed by atoms with E-state index in [0.717, 1.165) is 10.8 Å². The molecule has 3 heteroatoms. The van der Waals surface area contributed by atoms with Crippen LogP contribution in [0.15, 0.2) is 69.9 Å². The summed E-state index contributed by atoms with van der Waals surface area (Å²) in [5.74, 6) is -0.293. The third kappa shape index (κ3) is 1.98. The molecular formula is C19H13FO2. The third-order valence-corrected chi connectivity index (χ3v) is 4.08. The SMILES string of the molecule is O=c1c(C2=CC(F)=CCC2)coc2ccc3ccccc3c12. The zero-order valence-electron chi connectivity index (χ0n) is 11.8. The van der Waals surface area contributed by atoms with E-state index in [2.05, 4.69) is 0 Å². The fourth-order valence-electron chi connectivity index (χ4n) is 2.99. The first-order valence-electron chi connectivity index (χ1n) is 7.24. The van der Waals surface area contributed by atoms with Crippen LogP contribution in [-0.4, -0.2) is 0 Å². The lowest BCUT2D eigenvalue weighted by Crippen LogP contribution is -2.09. The van der Waals surface area contributed by atoms with Crippen molar-refractivity contribution in [3.8, 4) is 0 Å². The number of hydrogen-bond donors (Lipinski definition) is 0. The Kier molecular flexibility index (Phi) is 2.93. The fourth-order valence-corrected chi connectivity index (χ4v) is 2.99. The Morgan fingerprint density at radius 1 is 1.09 bits per heavy atom. The second-order valence-corrected chi connectivity index (χ2v) is 5.44. The van der Waals surface area contributed by atoms with Crippen LogP contribution in [-0.2, 0) is 0 Å². The van der Waals surface area contributed by atoms with Gasteiger partial charge in [-0.15, -0.1) is 0 Å². The zero-order valence-corrected chi connectivity index (χ0v) is 11.8. The summed E-state index contributed by atoms with van der Waals surface area (Å²) in [4.78, 5) is 12.9. The smallest absolute Gasteiger partial charge is 0.200 e. The summed E-state index contributed by atoms with van der Waals surface area (Å²) in [7, 11) is 0. The van der Waals surface area contributed by atoms with Crippen molar-refractivity contribution in [2.75, 3.05) is 0 Å². The Balaban J connectivity index is 2.07. The third-order valence-electron chi connectivity index (χ3n) is 4.08. The molecule has 0 N–H and O–H groups in total. The van der Waals surface area contributed by atoms with E-state index in [4.69, 9.17) is 4.42 Å². The molecule has 0 unspecified atom stereocenters. The van der Waals surface area contributed by atoms with E-state index in [9.17, 15) is 9.18 Å². The quantitative estimate of drug-likeness (QED) is 0.592. The first-order valence-corrected chi connectivity index (χ1v) is 7.24. The van der Waals surface area contributed by atoms with E-state index in [1.165, 1.54) is 18.4 Å². The number of allylic oxidation sites excluding steroid dienone is 4. The average Bonchev–Trinajstić information content (AvgIpc) is 2.55. The van der Waals surface area contributed by atoms with Gasteiger partial charge in [0.05, 0.1) is 10.9 Å². The highest BCUT2D eigenvalue weighted by atomic mass is 19.1. The standard InChI is InChI=1S/C19H13FO2/c20-14-6-3-5-13(10-14)16-11-22-17-9-8-12-4-1-2-7-15(12)18(17)19(16)21/h1-2,4,6-11H,3,5H2. The molecule has 22 heavy (non-hydrogen) atoms. The summed E-state index contributed by atoms with van der Waals surface area (Å²) >= 11 is 0. The first-order chi connectivity index (χ1) is 10.7. The monoisotopic (exact) mass is 292 g/mol. The summed E-state index contributed by atoms with van der Waals surface area (Å²) in [6.07, 6.45) is 5.65. The van der Waals surface area contributed by atoms with E-state index in [1.807, 2.05) is 30.3 Å². The number of rotatable bonds is 1. The van der Waals surface area contributed by atoms with Gasteiger partial charge in [-0.2, -0.15) is 0 Å². The van der Waals surface area contributed by atoms with Crippen molar-refractivity contribution < 1.29 is 8.81 Å². The highest BCUT2D eigenvalue weighted by Gasteiger charge is 2.15. The van der Waals surface area contributed by atoms with Crippen molar-refractivity contribution in [2.24, 2.45) is 0 Å². The molecule has 1 heterocycles. The zero-order chi connectivity index (χ0) is 15.1. The second kappa shape index (κ2) is 4.95. The van der Waals surface area contributed by atoms with E-state index in [-0.39, 0.29) is 11.3 Å². The molecule has 1 aliphatic carbocycles. The Labute approximate surface area is 126 Å². The lowest BCUT2D eigenvalue weighted by Gasteiger charge is -2.10. The van der Waals surface area contributed by atoms with Crippen LogP contribution in [0.4, 0.5) is 4.39 Å². The minimum absolute atomic E-state index is 0.0981. The van der Waals surface area contributed by atoms with Crippen molar-refractivity contribution in [3.05, 3.63) is 76.4 Å². The van der Waals surface area contributed by atoms with E-state index in [0.29, 0.717) is 34.9 Å². The maximum atomic E-state index is 13.5. The molecule has 1 aromatic heterocycles. The van der Waals surface area contributed by atoms with Gasteiger partial charge in [0.15, 0.2) is 0 Å². The minimum Gasteiger partial charge on any atom is -0.463 e. The molecule has 0 atom stereocenters. The summed E-state index contributed by atoms with van der Waals surface area (Å²) in [6.45, 7) is 0. The number of hydrogen-bond acceptors (Lipinski definition) is 2. The molecule has 0 bridgehead atoms. The molecule has 1 aliphatic rings. The van der Waals surface area contributed by atoms with Gasteiger partial charge in [0.25, 0.3) is 0 Å². The molecule has 0 saturated heterocycles. The van der Waals surface area contributed by atoms with Crippen LogP contribution < -0.4 is 5.43 Å². The summed E-state index contributed by atoms with van der Waals surface area (Å²) < 4.78 is 19.1. The largest absolute Gasteiger partial charge is 0.463 e. The summed E-state index contributed by atoms with van der Waals surface area (Å²) in [5.41, 5.74) is 1.61.